The maximum absolute atomic E-state index is 13.7. The fourth-order valence-corrected chi connectivity index (χ4v) is 6.83. The van der Waals surface area contributed by atoms with E-state index in [4.69, 9.17) is 15.2 Å². The van der Waals surface area contributed by atoms with E-state index in [1.165, 1.54) is 29.2 Å². The summed E-state index contributed by atoms with van der Waals surface area (Å²) in [5, 5.41) is 10.7. The van der Waals surface area contributed by atoms with Crippen molar-refractivity contribution in [3.05, 3.63) is 101 Å². The zero-order chi connectivity index (χ0) is 33.1. The Morgan fingerprint density at radius 1 is 1.00 bits per heavy atom. The van der Waals surface area contributed by atoms with Crippen molar-refractivity contribution >= 4 is 23.4 Å². The molecule has 248 valence electrons. The normalized spacial score (nSPS) is 22.4. The number of primary amides is 1. The first-order valence-electron chi connectivity index (χ1n) is 16.1. The molecule has 0 radical (unpaired) electrons. The molecule has 0 saturated carbocycles. The molecule has 3 aliphatic heterocycles. The van der Waals surface area contributed by atoms with Crippen LogP contribution < -0.4 is 10.6 Å². The van der Waals surface area contributed by atoms with E-state index >= 15 is 0 Å². The summed E-state index contributed by atoms with van der Waals surface area (Å²) in [7, 11) is 0. The first kappa shape index (κ1) is 32.7. The summed E-state index contributed by atoms with van der Waals surface area (Å²) in [5.41, 5.74) is 8.01. The summed E-state index contributed by atoms with van der Waals surface area (Å²) >= 11 is 0. The van der Waals surface area contributed by atoms with Crippen molar-refractivity contribution < 1.29 is 37.7 Å². The summed E-state index contributed by atoms with van der Waals surface area (Å²) in [6, 6.07) is 18.6. The molecular weight excluding hydrogens is 608 g/mol. The third-order valence-corrected chi connectivity index (χ3v) is 9.65. The van der Waals surface area contributed by atoms with Crippen LogP contribution in [0.25, 0.3) is 0 Å². The molecule has 4 atom stereocenters. The van der Waals surface area contributed by atoms with Gasteiger partial charge in [0, 0.05) is 12.2 Å². The first-order chi connectivity index (χ1) is 22.6. The SMILES string of the molecule is NC(=O)[C@H]1CCCN1C(=O)COC1(CCc2ccc([C@@H]3[C@@H](CCC(O)c4ccc(F)cc4)C(=O)N3c3ccc(F)cc3)cc2)COC1. The quantitative estimate of drug-likeness (QED) is 0.266. The molecule has 0 aromatic heterocycles. The monoisotopic (exact) mass is 647 g/mol. The first-order valence-corrected chi connectivity index (χ1v) is 16.1. The minimum absolute atomic E-state index is 0.105. The number of nitrogens with two attached hydrogens (primary N) is 1. The third kappa shape index (κ3) is 7.07. The molecule has 0 spiro atoms. The average Bonchev–Trinajstić information content (AvgIpc) is 3.55. The van der Waals surface area contributed by atoms with Gasteiger partial charge in [0.25, 0.3) is 0 Å². The topological polar surface area (TPSA) is 122 Å². The van der Waals surface area contributed by atoms with Gasteiger partial charge >= 0.3 is 0 Å². The second-order valence-electron chi connectivity index (χ2n) is 12.7. The van der Waals surface area contributed by atoms with Crippen molar-refractivity contribution in [3.8, 4) is 0 Å². The molecule has 1 unspecified atom stereocenters. The lowest BCUT2D eigenvalue weighted by atomic mass is 9.78. The van der Waals surface area contributed by atoms with Crippen LogP contribution in [0.5, 0.6) is 0 Å². The van der Waals surface area contributed by atoms with Gasteiger partial charge in [0.2, 0.25) is 17.7 Å². The van der Waals surface area contributed by atoms with Crippen molar-refractivity contribution in [2.24, 2.45) is 11.7 Å². The van der Waals surface area contributed by atoms with Crippen LogP contribution in [-0.4, -0.2) is 65.7 Å². The third-order valence-electron chi connectivity index (χ3n) is 9.65. The molecule has 11 heteroatoms. The Balaban J connectivity index is 1.10. The molecule has 0 bridgehead atoms. The van der Waals surface area contributed by atoms with Gasteiger partial charge < -0.3 is 30.1 Å². The van der Waals surface area contributed by atoms with E-state index < -0.39 is 35.4 Å². The van der Waals surface area contributed by atoms with Crippen molar-refractivity contribution in [1.82, 2.24) is 4.90 Å². The second kappa shape index (κ2) is 13.9. The number of β-lactam (4-membered cyclic amide) rings is 1. The standard InChI is InChI=1S/C36H39F2N3O6/c37-26-9-7-24(8-10-26)31(42)16-15-29-33(41(35(29)45)28-13-11-27(38)12-14-28)25-5-3-23(4-6-25)17-18-36(21-46-22-36)47-20-32(43)40-19-1-2-30(40)34(39)44/h3-14,29-31,33,42H,1-2,15-22H2,(H2,39,44)/t29-,30-,31?,33-/m1/s1. The van der Waals surface area contributed by atoms with E-state index in [2.05, 4.69) is 0 Å². The number of anilines is 1. The zero-order valence-corrected chi connectivity index (χ0v) is 26.0. The van der Waals surface area contributed by atoms with Crippen molar-refractivity contribution in [2.45, 2.75) is 62.3 Å². The summed E-state index contributed by atoms with van der Waals surface area (Å²) in [6.07, 6.45) is 2.50. The van der Waals surface area contributed by atoms with Crippen molar-refractivity contribution in [1.29, 1.82) is 0 Å². The Morgan fingerprint density at radius 2 is 1.66 bits per heavy atom. The maximum atomic E-state index is 13.7. The Kier molecular flexibility index (Phi) is 9.67. The largest absolute Gasteiger partial charge is 0.388 e. The molecule has 3 amide bonds. The van der Waals surface area contributed by atoms with Crippen LogP contribution in [-0.2, 0) is 30.3 Å². The summed E-state index contributed by atoms with van der Waals surface area (Å²) in [4.78, 5) is 41.1. The minimum atomic E-state index is -0.841. The number of carbonyl (C=O) groups excluding carboxylic acids is 3. The van der Waals surface area contributed by atoms with Gasteiger partial charge in [-0.25, -0.2) is 8.78 Å². The molecule has 3 heterocycles. The van der Waals surface area contributed by atoms with Gasteiger partial charge in [-0.1, -0.05) is 36.4 Å². The number of hydrogen-bond donors (Lipinski definition) is 2. The number of ether oxygens (including phenoxy) is 2. The van der Waals surface area contributed by atoms with Gasteiger partial charge in [-0.3, -0.25) is 14.4 Å². The molecule has 9 nitrogen and oxygen atoms in total. The molecule has 3 aromatic carbocycles. The zero-order valence-electron chi connectivity index (χ0n) is 26.0. The predicted molar refractivity (Wildman–Crippen MR) is 169 cm³/mol. The van der Waals surface area contributed by atoms with Crippen LogP contribution in [0.15, 0.2) is 72.8 Å². The number of aliphatic hydroxyl groups excluding tert-OH is 1. The van der Waals surface area contributed by atoms with Gasteiger partial charge in [0.15, 0.2) is 0 Å². The number of halogens is 2. The molecular formula is C36H39F2N3O6. The number of aliphatic hydroxyl groups is 1. The number of likely N-dealkylation sites (tertiary alicyclic amines) is 1. The van der Waals surface area contributed by atoms with Crippen LogP contribution in [0.1, 0.15) is 60.9 Å². The average molecular weight is 648 g/mol. The number of nitrogens with zero attached hydrogens (tertiary/aromatic N) is 2. The highest BCUT2D eigenvalue weighted by Gasteiger charge is 2.48. The van der Waals surface area contributed by atoms with Crippen LogP contribution >= 0.6 is 0 Å². The Labute approximate surface area is 272 Å². The lowest BCUT2D eigenvalue weighted by molar-refractivity contribution is -0.214. The molecule has 3 aliphatic rings. The van der Waals surface area contributed by atoms with Crippen LogP contribution in [0.4, 0.5) is 14.5 Å². The number of hydrogen-bond acceptors (Lipinski definition) is 6. The van der Waals surface area contributed by atoms with Crippen LogP contribution in [0.3, 0.4) is 0 Å². The molecule has 3 fully saturated rings. The van der Waals surface area contributed by atoms with Gasteiger partial charge in [-0.2, -0.15) is 0 Å². The van der Waals surface area contributed by atoms with E-state index in [-0.39, 0.29) is 30.3 Å². The highest BCUT2D eigenvalue weighted by atomic mass is 19.1. The van der Waals surface area contributed by atoms with Gasteiger partial charge in [0.1, 0.15) is 29.9 Å². The predicted octanol–water partition coefficient (Wildman–Crippen LogP) is 4.38. The number of rotatable bonds is 13. The van der Waals surface area contributed by atoms with Crippen molar-refractivity contribution in [2.75, 3.05) is 31.3 Å². The van der Waals surface area contributed by atoms with E-state index in [9.17, 15) is 28.3 Å². The highest BCUT2D eigenvalue weighted by molar-refractivity contribution is 6.03. The molecule has 3 saturated heterocycles. The van der Waals surface area contributed by atoms with E-state index in [1.54, 1.807) is 29.2 Å². The highest BCUT2D eigenvalue weighted by Crippen LogP contribution is 2.46. The number of carbonyl (C=O) groups is 3. The van der Waals surface area contributed by atoms with E-state index in [0.29, 0.717) is 63.1 Å². The lowest BCUT2D eigenvalue weighted by Gasteiger charge is -2.48. The molecule has 0 aliphatic carbocycles. The number of benzene rings is 3. The molecule has 3 aromatic rings. The molecule has 3 N–H and O–H groups in total. The van der Waals surface area contributed by atoms with E-state index in [1.807, 2.05) is 24.3 Å². The minimum Gasteiger partial charge on any atom is -0.388 e. The number of amides is 3. The van der Waals surface area contributed by atoms with E-state index in [0.717, 1.165) is 17.5 Å². The fraction of sp³-hybridized carbons (Fsp3) is 0.417. The van der Waals surface area contributed by atoms with Crippen molar-refractivity contribution in [3.63, 3.8) is 0 Å². The lowest BCUT2D eigenvalue weighted by Crippen LogP contribution is -2.55. The van der Waals surface area contributed by atoms with Gasteiger partial charge in [-0.15, -0.1) is 0 Å². The fourth-order valence-electron chi connectivity index (χ4n) is 6.83. The Morgan fingerprint density at radius 3 is 2.28 bits per heavy atom. The molecule has 47 heavy (non-hydrogen) atoms. The summed E-state index contributed by atoms with van der Waals surface area (Å²) in [6.45, 7) is 1.10. The Hall–Kier alpha value is -4.19. The van der Waals surface area contributed by atoms with Gasteiger partial charge in [-0.05, 0) is 91.6 Å². The smallest absolute Gasteiger partial charge is 0.249 e. The molecule has 6 rings (SSSR count). The Bertz CT molecular complexity index is 1580. The maximum Gasteiger partial charge on any atom is 0.249 e. The number of aryl methyl sites for hydroxylation is 1. The summed E-state index contributed by atoms with van der Waals surface area (Å²) < 4.78 is 38.6. The van der Waals surface area contributed by atoms with Crippen LogP contribution in [0.2, 0.25) is 0 Å². The summed E-state index contributed by atoms with van der Waals surface area (Å²) in [5.74, 6) is -2.02. The van der Waals surface area contributed by atoms with Gasteiger partial charge in [0.05, 0.1) is 31.3 Å². The second-order valence-corrected chi connectivity index (χ2v) is 12.7. The van der Waals surface area contributed by atoms with Crippen LogP contribution in [0, 0.1) is 17.6 Å².